The van der Waals surface area contributed by atoms with Gasteiger partial charge < -0.3 is 15.0 Å². The molecule has 0 fully saturated rings. The van der Waals surface area contributed by atoms with Crippen LogP contribution in [-0.2, 0) is 6.42 Å². The summed E-state index contributed by atoms with van der Waals surface area (Å²) in [6.07, 6.45) is 2.65. The van der Waals surface area contributed by atoms with E-state index in [2.05, 4.69) is 16.4 Å². The molecule has 0 bridgehead atoms. The maximum Gasteiger partial charge on any atom is 0.276 e. The first-order chi connectivity index (χ1) is 13.6. The number of carbonyl (C=O) groups excluding carboxylic acids is 1. The number of nitrogens with one attached hydrogen (secondary N) is 1. The molecular formula is C23H23N3O2. The Hall–Kier alpha value is -3.34. The van der Waals surface area contributed by atoms with Crippen molar-refractivity contribution < 1.29 is 9.53 Å². The molecule has 0 aliphatic carbocycles. The zero-order valence-electron chi connectivity index (χ0n) is 16.1. The van der Waals surface area contributed by atoms with E-state index in [1.54, 1.807) is 17.2 Å². The smallest absolute Gasteiger partial charge is 0.276 e. The number of hydrogen-bond donors (Lipinski definition) is 1. The summed E-state index contributed by atoms with van der Waals surface area (Å²) < 4.78 is 5.84. The van der Waals surface area contributed by atoms with Crippen LogP contribution in [0.2, 0.25) is 0 Å². The third-order valence-corrected chi connectivity index (χ3v) is 4.64. The van der Waals surface area contributed by atoms with Crippen LogP contribution >= 0.6 is 0 Å². The van der Waals surface area contributed by atoms with Gasteiger partial charge in [-0.05, 0) is 56.2 Å². The molecular weight excluding hydrogens is 350 g/mol. The highest BCUT2D eigenvalue weighted by atomic mass is 16.5. The van der Waals surface area contributed by atoms with Crippen LogP contribution in [0.1, 0.15) is 29.9 Å². The molecule has 0 saturated carbocycles. The first-order valence-corrected chi connectivity index (χ1v) is 9.50. The normalized spacial score (nSPS) is 12.8. The summed E-state index contributed by atoms with van der Waals surface area (Å²) >= 11 is 0. The third-order valence-electron chi connectivity index (χ3n) is 4.64. The van der Waals surface area contributed by atoms with Crippen molar-refractivity contribution in [3.05, 3.63) is 78.1 Å². The van der Waals surface area contributed by atoms with Crippen molar-refractivity contribution in [3.8, 4) is 5.75 Å². The molecule has 4 rings (SSSR count). The predicted molar refractivity (Wildman–Crippen MR) is 112 cm³/mol. The van der Waals surface area contributed by atoms with Gasteiger partial charge in [-0.25, -0.2) is 4.98 Å². The van der Waals surface area contributed by atoms with Gasteiger partial charge >= 0.3 is 0 Å². The second-order valence-electron chi connectivity index (χ2n) is 7.06. The highest BCUT2D eigenvalue weighted by molar-refractivity contribution is 6.06. The molecule has 2 heterocycles. The van der Waals surface area contributed by atoms with Gasteiger partial charge in [0.25, 0.3) is 5.91 Å². The van der Waals surface area contributed by atoms with Crippen molar-refractivity contribution in [2.75, 3.05) is 16.8 Å². The number of benzene rings is 2. The topological polar surface area (TPSA) is 54.5 Å². The first-order valence-electron chi connectivity index (χ1n) is 9.50. The fourth-order valence-electron chi connectivity index (χ4n) is 3.36. The number of anilines is 3. The molecule has 0 spiro atoms. The van der Waals surface area contributed by atoms with Crippen LogP contribution in [0.4, 0.5) is 17.1 Å². The Bertz CT molecular complexity index is 983. The van der Waals surface area contributed by atoms with E-state index in [4.69, 9.17) is 4.74 Å². The van der Waals surface area contributed by atoms with E-state index in [0.29, 0.717) is 12.2 Å². The van der Waals surface area contributed by atoms with Crippen LogP contribution in [0.15, 0.2) is 66.9 Å². The van der Waals surface area contributed by atoms with Crippen LogP contribution in [0.5, 0.6) is 5.75 Å². The Morgan fingerprint density at radius 1 is 1.07 bits per heavy atom. The number of para-hydroxylation sites is 3. The number of rotatable bonds is 5. The van der Waals surface area contributed by atoms with E-state index in [-0.39, 0.29) is 12.0 Å². The van der Waals surface area contributed by atoms with Crippen LogP contribution in [-0.4, -0.2) is 23.5 Å². The molecule has 5 nitrogen and oxygen atoms in total. The Balaban J connectivity index is 1.50. The van der Waals surface area contributed by atoms with Gasteiger partial charge in [0.15, 0.2) is 0 Å². The Labute approximate surface area is 165 Å². The molecule has 0 atom stereocenters. The van der Waals surface area contributed by atoms with Crippen LogP contribution in [0.3, 0.4) is 0 Å². The van der Waals surface area contributed by atoms with E-state index in [0.717, 1.165) is 29.2 Å². The van der Waals surface area contributed by atoms with Crippen LogP contribution in [0.25, 0.3) is 0 Å². The maximum atomic E-state index is 12.9. The van der Waals surface area contributed by atoms with Crippen molar-refractivity contribution in [3.63, 3.8) is 0 Å². The molecule has 3 aromatic rings. The van der Waals surface area contributed by atoms with Gasteiger partial charge in [-0.3, -0.25) is 4.79 Å². The van der Waals surface area contributed by atoms with E-state index in [9.17, 15) is 4.79 Å². The third kappa shape index (κ3) is 3.69. The summed E-state index contributed by atoms with van der Waals surface area (Å²) in [6.45, 7) is 4.68. The molecule has 1 aliphatic heterocycles. The second-order valence-corrected chi connectivity index (χ2v) is 7.06. The summed E-state index contributed by atoms with van der Waals surface area (Å²) in [5.74, 6) is 0.714. The minimum absolute atomic E-state index is 0.0694. The monoisotopic (exact) mass is 373 g/mol. The van der Waals surface area contributed by atoms with Gasteiger partial charge in [0.1, 0.15) is 11.4 Å². The van der Waals surface area contributed by atoms with Gasteiger partial charge in [0.2, 0.25) is 0 Å². The molecule has 1 N–H and O–H groups in total. The maximum absolute atomic E-state index is 12.9. The molecule has 1 aromatic heterocycles. The average Bonchev–Trinajstić information content (AvgIpc) is 3.13. The lowest BCUT2D eigenvalue weighted by atomic mass is 10.2. The van der Waals surface area contributed by atoms with Gasteiger partial charge in [0.05, 0.1) is 23.7 Å². The van der Waals surface area contributed by atoms with E-state index in [1.807, 2.05) is 62.4 Å². The Kier molecular flexibility index (Phi) is 4.98. The second kappa shape index (κ2) is 7.72. The van der Waals surface area contributed by atoms with Crippen molar-refractivity contribution in [1.82, 2.24) is 4.98 Å². The summed E-state index contributed by atoms with van der Waals surface area (Å²) in [7, 11) is 0. The molecule has 0 saturated heterocycles. The number of pyridine rings is 1. The van der Waals surface area contributed by atoms with Crippen LogP contribution < -0.4 is 15.0 Å². The minimum Gasteiger partial charge on any atom is -0.489 e. The number of ether oxygens (including phenoxy) is 1. The Morgan fingerprint density at radius 3 is 2.64 bits per heavy atom. The lowest BCUT2D eigenvalue weighted by Crippen LogP contribution is -2.29. The predicted octanol–water partition coefficient (Wildman–Crippen LogP) is 4.82. The number of aromatic nitrogens is 1. The largest absolute Gasteiger partial charge is 0.489 e. The van der Waals surface area contributed by atoms with Crippen molar-refractivity contribution in [2.24, 2.45) is 0 Å². The summed E-state index contributed by atoms with van der Waals surface area (Å²) in [4.78, 5) is 19.1. The molecule has 0 radical (unpaired) electrons. The zero-order chi connectivity index (χ0) is 19.5. The Morgan fingerprint density at radius 2 is 1.86 bits per heavy atom. The van der Waals surface area contributed by atoms with E-state index < -0.39 is 0 Å². The minimum atomic E-state index is -0.0694. The summed E-state index contributed by atoms with van der Waals surface area (Å²) in [6, 6.07) is 19.4. The standard InChI is InChI=1S/C23H23N3O2/c1-16(2)28-22-10-6-4-8-19(22)25-18-11-12-20(24-15-18)23(27)26-14-13-17-7-3-5-9-21(17)26/h3-12,15-16,25H,13-14H2,1-2H3. The van der Waals surface area contributed by atoms with Gasteiger partial charge in [-0.15, -0.1) is 0 Å². The molecule has 2 aromatic carbocycles. The number of fused-ring (bicyclic) bond motifs is 1. The number of amides is 1. The fraction of sp³-hybridized carbons (Fsp3) is 0.217. The van der Waals surface area contributed by atoms with Gasteiger partial charge in [-0.2, -0.15) is 0 Å². The van der Waals surface area contributed by atoms with Crippen molar-refractivity contribution in [1.29, 1.82) is 0 Å². The molecule has 5 heteroatoms. The SMILES string of the molecule is CC(C)Oc1ccccc1Nc1ccc(C(=O)N2CCc3ccccc32)nc1. The van der Waals surface area contributed by atoms with Gasteiger partial charge in [-0.1, -0.05) is 30.3 Å². The molecule has 0 unspecified atom stereocenters. The summed E-state index contributed by atoms with van der Waals surface area (Å²) in [5.41, 5.74) is 4.30. The van der Waals surface area contributed by atoms with E-state index in [1.165, 1.54) is 5.56 Å². The lowest BCUT2D eigenvalue weighted by molar-refractivity contribution is 0.0984. The van der Waals surface area contributed by atoms with E-state index >= 15 is 0 Å². The summed E-state index contributed by atoms with van der Waals surface area (Å²) in [5, 5.41) is 3.32. The quantitative estimate of drug-likeness (QED) is 0.697. The van der Waals surface area contributed by atoms with Crippen LogP contribution in [0, 0.1) is 0 Å². The fourth-order valence-corrected chi connectivity index (χ4v) is 3.36. The number of carbonyl (C=O) groups is 1. The molecule has 1 amide bonds. The number of hydrogen-bond acceptors (Lipinski definition) is 4. The average molecular weight is 373 g/mol. The first kappa shape index (κ1) is 18.0. The van der Waals surface area contributed by atoms with Crippen molar-refractivity contribution >= 4 is 23.0 Å². The van der Waals surface area contributed by atoms with Gasteiger partial charge in [0, 0.05) is 12.2 Å². The number of nitrogens with zero attached hydrogens (tertiary/aromatic N) is 2. The molecule has 142 valence electrons. The lowest BCUT2D eigenvalue weighted by Gasteiger charge is -2.17. The highest BCUT2D eigenvalue weighted by Gasteiger charge is 2.25. The zero-order valence-corrected chi connectivity index (χ0v) is 16.1. The molecule has 28 heavy (non-hydrogen) atoms. The highest BCUT2D eigenvalue weighted by Crippen LogP contribution is 2.30. The molecule has 1 aliphatic rings. The van der Waals surface area contributed by atoms with Crippen molar-refractivity contribution in [2.45, 2.75) is 26.4 Å².